The van der Waals surface area contributed by atoms with Crippen LogP contribution in [-0.4, -0.2) is 30.9 Å². The summed E-state index contributed by atoms with van der Waals surface area (Å²) in [6.07, 6.45) is 1.09. The van der Waals surface area contributed by atoms with Gasteiger partial charge in [0, 0.05) is 13.2 Å². The fraction of sp³-hybridized carbons (Fsp3) is 0.562. The summed E-state index contributed by atoms with van der Waals surface area (Å²) in [5, 5.41) is 5.81. The maximum atomic E-state index is 11.9. The van der Waals surface area contributed by atoms with Gasteiger partial charge in [-0.3, -0.25) is 0 Å². The Hall–Kier alpha value is -1.75. The van der Waals surface area contributed by atoms with Gasteiger partial charge in [0.15, 0.2) is 0 Å². The Morgan fingerprint density at radius 3 is 2.95 bits per heavy atom. The van der Waals surface area contributed by atoms with Gasteiger partial charge in [-0.25, -0.2) is 4.79 Å². The van der Waals surface area contributed by atoms with Crippen molar-refractivity contribution >= 4 is 6.03 Å². The molecule has 116 valence electrons. The number of carbonyl (C=O) groups excluding carboxylic acids is 1. The first-order valence-corrected chi connectivity index (χ1v) is 7.46. The van der Waals surface area contributed by atoms with Crippen LogP contribution < -0.4 is 15.4 Å². The molecule has 21 heavy (non-hydrogen) atoms. The van der Waals surface area contributed by atoms with Gasteiger partial charge in [-0.15, -0.1) is 0 Å². The third-order valence-electron chi connectivity index (χ3n) is 3.42. The smallest absolute Gasteiger partial charge is 0.315 e. The van der Waals surface area contributed by atoms with Crippen molar-refractivity contribution in [3.8, 4) is 5.75 Å². The quantitative estimate of drug-likeness (QED) is 0.876. The summed E-state index contributed by atoms with van der Waals surface area (Å²) in [6, 6.07) is 7.70. The molecule has 1 aromatic rings. The van der Waals surface area contributed by atoms with E-state index < -0.39 is 0 Å². The highest BCUT2D eigenvalue weighted by atomic mass is 16.5. The van der Waals surface area contributed by atoms with E-state index in [9.17, 15) is 4.79 Å². The number of benzene rings is 1. The van der Waals surface area contributed by atoms with Crippen LogP contribution in [0.2, 0.25) is 0 Å². The molecule has 1 fully saturated rings. The van der Waals surface area contributed by atoms with Gasteiger partial charge in [0.05, 0.1) is 18.2 Å². The number of hydrogen-bond acceptors (Lipinski definition) is 3. The van der Waals surface area contributed by atoms with Crippen LogP contribution in [0.25, 0.3) is 0 Å². The molecule has 0 radical (unpaired) electrons. The molecule has 0 bridgehead atoms. The van der Waals surface area contributed by atoms with Gasteiger partial charge < -0.3 is 20.1 Å². The normalized spacial score (nSPS) is 21.3. The zero-order valence-electron chi connectivity index (χ0n) is 12.9. The molecule has 2 atom stereocenters. The second kappa shape index (κ2) is 7.31. The molecule has 2 N–H and O–H groups in total. The molecular weight excluding hydrogens is 268 g/mol. The van der Waals surface area contributed by atoms with Crippen molar-refractivity contribution in [3.63, 3.8) is 0 Å². The lowest BCUT2D eigenvalue weighted by Crippen LogP contribution is -2.44. The van der Waals surface area contributed by atoms with Crippen LogP contribution in [0.5, 0.6) is 5.75 Å². The molecule has 2 rings (SSSR count). The zero-order valence-corrected chi connectivity index (χ0v) is 12.9. The fourth-order valence-electron chi connectivity index (χ4n) is 2.32. The first-order chi connectivity index (χ1) is 10.0. The average Bonchev–Trinajstić information content (AvgIpc) is 2.82. The monoisotopic (exact) mass is 292 g/mol. The van der Waals surface area contributed by atoms with Gasteiger partial charge in [0.2, 0.25) is 0 Å². The summed E-state index contributed by atoms with van der Waals surface area (Å²) in [6.45, 7) is 7.14. The van der Waals surface area contributed by atoms with Gasteiger partial charge in [0.25, 0.3) is 0 Å². The van der Waals surface area contributed by atoms with Crippen molar-refractivity contribution in [1.29, 1.82) is 0 Å². The molecule has 5 heteroatoms. The highest BCUT2D eigenvalue weighted by Gasteiger charge is 2.25. The third kappa shape index (κ3) is 4.93. The Morgan fingerprint density at radius 2 is 2.29 bits per heavy atom. The van der Waals surface area contributed by atoms with E-state index in [0.717, 1.165) is 17.7 Å². The van der Waals surface area contributed by atoms with Crippen molar-refractivity contribution in [1.82, 2.24) is 10.6 Å². The highest BCUT2D eigenvalue weighted by molar-refractivity contribution is 5.74. The van der Waals surface area contributed by atoms with E-state index in [1.807, 2.05) is 45.0 Å². The molecule has 0 aliphatic carbocycles. The van der Waals surface area contributed by atoms with E-state index in [0.29, 0.717) is 13.2 Å². The van der Waals surface area contributed by atoms with E-state index in [1.165, 1.54) is 0 Å². The standard InChI is InChI=1S/C16H24N2O3/c1-11(2)21-14-6-4-5-13(9-14)10-17-16(19)18-15-7-8-20-12(15)3/h4-6,9,11-12,15H,7-8,10H2,1-3H3,(H2,17,18,19)/t12-,15-/m0/s1. The average molecular weight is 292 g/mol. The number of nitrogens with one attached hydrogen (secondary N) is 2. The summed E-state index contributed by atoms with van der Waals surface area (Å²) in [5.74, 6) is 0.822. The predicted octanol–water partition coefficient (Wildman–Crippen LogP) is 2.45. The van der Waals surface area contributed by atoms with Crippen LogP contribution in [0.15, 0.2) is 24.3 Å². The largest absolute Gasteiger partial charge is 0.491 e. The van der Waals surface area contributed by atoms with E-state index in [4.69, 9.17) is 9.47 Å². The number of amides is 2. The lowest BCUT2D eigenvalue weighted by atomic mass is 10.1. The molecule has 1 heterocycles. The van der Waals surface area contributed by atoms with Gasteiger partial charge >= 0.3 is 6.03 Å². The van der Waals surface area contributed by atoms with E-state index in [2.05, 4.69) is 10.6 Å². The first kappa shape index (κ1) is 15.6. The SMILES string of the molecule is CC(C)Oc1cccc(CNC(=O)N[C@H]2CCO[C@H]2C)c1. The summed E-state index contributed by atoms with van der Waals surface area (Å²) < 4.78 is 11.1. The molecule has 0 spiro atoms. The minimum absolute atomic E-state index is 0.0820. The Morgan fingerprint density at radius 1 is 1.48 bits per heavy atom. The highest BCUT2D eigenvalue weighted by Crippen LogP contribution is 2.15. The van der Waals surface area contributed by atoms with Crippen molar-refractivity contribution in [2.45, 2.75) is 52.0 Å². The molecule has 5 nitrogen and oxygen atoms in total. The molecule has 1 aliphatic heterocycles. The second-order valence-electron chi connectivity index (χ2n) is 5.61. The lowest BCUT2D eigenvalue weighted by Gasteiger charge is -2.16. The van der Waals surface area contributed by atoms with Crippen LogP contribution >= 0.6 is 0 Å². The maximum Gasteiger partial charge on any atom is 0.315 e. The van der Waals surface area contributed by atoms with E-state index in [-0.39, 0.29) is 24.3 Å². The van der Waals surface area contributed by atoms with Gasteiger partial charge in [0.1, 0.15) is 5.75 Å². The second-order valence-corrected chi connectivity index (χ2v) is 5.61. The molecule has 1 saturated heterocycles. The Bertz CT molecular complexity index is 476. The fourth-order valence-corrected chi connectivity index (χ4v) is 2.32. The Balaban J connectivity index is 1.80. The van der Waals surface area contributed by atoms with Gasteiger partial charge in [-0.05, 0) is 44.9 Å². The van der Waals surface area contributed by atoms with Crippen LogP contribution in [0, 0.1) is 0 Å². The molecule has 1 aromatic carbocycles. The summed E-state index contributed by atoms with van der Waals surface area (Å²) in [4.78, 5) is 11.9. The Kier molecular flexibility index (Phi) is 5.44. The summed E-state index contributed by atoms with van der Waals surface area (Å²) in [5.41, 5.74) is 1.01. The number of rotatable bonds is 5. The minimum Gasteiger partial charge on any atom is -0.491 e. The van der Waals surface area contributed by atoms with Crippen molar-refractivity contribution < 1.29 is 14.3 Å². The first-order valence-electron chi connectivity index (χ1n) is 7.46. The summed E-state index contributed by atoms with van der Waals surface area (Å²) >= 11 is 0. The van der Waals surface area contributed by atoms with E-state index >= 15 is 0 Å². The molecule has 0 unspecified atom stereocenters. The molecular formula is C16H24N2O3. The van der Waals surface area contributed by atoms with Gasteiger partial charge in [-0.1, -0.05) is 12.1 Å². The lowest BCUT2D eigenvalue weighted by molar-refractivity contribution is 0.114. The molecule has 2 amide bonds. The van der Waals surface area contributed by atoms with Crippen molar-refractivity contribution in [2.75, 3.05) is 6.61 Å². The molecule has 0 saturated carbocycles. The Labute approximate surface area is 126 Å². The van der Waals surface area contributed by atoms with Crippen LogP contribution in [-0.2, 0) is 11.3 Å². The number of hydrogen-bond donors (Lipinski definition) is 2. The third-order valence-corrected chi connectivity index (χ3v) is 3.42. The van der Waals surface area contributed by atoms with Crippen LogP contribution in [0.1, 0.15) is 32.8 Å². The minimum atomic E-state index is -0.160. The van der Waals surface area contributed by atoms with Crippen LogP contribution in [0.3, 0.4) is 0 Å². The number of carbonyl (C=O) groups is 1. The number of urea groups is 1. The van der Waals surface area contributed by atoms with Crippen molar-refractivity contribution in [3.05, 3.63) is 29.8 Å². The molecule has 1 aliphatic rings. The van der Waals surface area contributed by atoms with Crippen molar-refractivity contribution in [2.24, 2.45) is 0 Å². The molecule has 0 aromatic heterocycles. The van der Waals surface area contributed by atoms with Crippen LogP contribution in [0.4, 0.5) is 4.79 Å². The van der Waals surface area contributed by atoms with Gasteiger partial charge in [-0.2, -0.15) is 0 Å². The summed E-state index contributed by atoms with van der Waals surface area (Å²) in [7, 11) is 0. The predicted molar refractivity (Wildman–Crippen MR) is 81.4 cm³/mol. The maximum absolute atomic E-state index is 11.9. The van der Waals surface area contributed by atoms with E-state index in [1.54, 1.807) is 0 Å². The topological polar surface area (TPSA) is 59.6 Å². The number of ether oxygens (including phenoxy) is 2. The zero-order chi connectivity index (χ0) is 15.2.